The van der Waals surface area contributed by atoms with E-state index in [1.807, 2.05) is 33.7 Å². The highest BCUT2D eigenvalue weighted by Gasteiger charge is 2.28. The van der Waals surface area contributed by atoms with Gasteiger partial charge in [0, 0.05) is 44.6 Å². The van der Waals surface area contributed by atoms with E-state index in [9.17, 15) is 9.59 Å². The van der Waals surface area contributed by atoms with Gasteiger partial charge in [0.25, 0.3) is 5.91 Å². The minimum atomic E-state index is -0.0719. The van der Waals surface area contributed by atoms with Crippen LogP contribution in [0.4, 0.5) is 0 Å². The molecule has 0 radical (unpaired) electrons. The molecule has 0 saturated carbocycles. The molecule has 2 fully saturated rings. The van der Waals surface area contributed by atoms with E-state index in [1.54, 1.807) is 12.4 Å². The fourth-order valence-electron chi connectivity index (χ4n) is 5.24. The summed E-state index contributed by atoms with van der Waals surface area (Å²) in [6.45, 7) is 8.61. The Balaban J connectivity index is 1.11. The maximum atomic E-state index is 12.6. The van der Waals surface area contributed by atoms with Crippen LogP contribution in [0.25, 0.3) is 11.0 Å². The van der Waals surface area contributed by atoms with Gasteiger partial charge in [0.15, 0.2) is 0 Å². The first-order valence-electron chi connectivity index (χ1n) is 11.7. The molecule has 1 unspecified atom stereocenters. The number of hydrogen-bond acceptors (Lipinski definition) is 5. The zero-order chi connectivity index (χ0) is 22.8. The van der Waals surface area contributed by atoms with Gasteiger partial charge < -0.3 is 14.8 Å². The van der Waals surface area contributed by atoms with Crippen LogP contribution in [-0.2, 0) is 0 Å². The summed E-state index contributed by atoms with van der Waals surface area (Å²) in [5, 5.41) is 0. The molecule has 2 aromatic heterocycles. The molecule has 2 aliphatic rings. The standard InChI is InChI=1S/C25H30N6O2/c1-18-17-30(24(32)22-16-26-10-11-27-22)15-7-19(18)6-12-29-13-8-20(9-14-29)31-23-5-3-2-4-21(23)28-25(31)33/h2-5,10-11,16,19-20H,1,6-9,12-15,17H2,(H,28,33). The Morgan fingerprint density at radius 1 is 1.12 bits per heavy atom. The zero-order valence-electron chi connectivity index (χ0n) is 18.8. The van der Waals surface area contributed by atoms with Crippen molar-refractivity contribution in [3.63, 3.8) is 0 Å². The molecule has 8 heteroatoms. The highest BCUT2D eigenvalue weighted by atomic mass is 16.2. The molecule has 3 aromatic rings. The molecule has 8 nitrogen and oxygen atoms in total. The number of carbonyl (C=O) groups is 1. The number of H-pyrrole nitrogens is 1. The van der Waals surface area contributed by atoms with Crippen molar-refractivity contribution in [2.24, 2.45) is 5.92 Å². The Hall–Kier alpha value is -3.26. The molecule has 0 aliphatic carbocycles. The number of rotatable bonds is 5. The summed E-state index contributed by atoms with van der Waals surface area (Å²) in [5.74, 6) is 0.363. The maximum absolute atomic E-state index is 12.6. The van der Waals surface area contributed by atoms with Gasteiger partial charge in [-0.25, -0.2) is 9.78 Å². The number of amides is 1. The van der Waals surface area contributed by atoms with Gasteiger partial charge in [0.2, 0.25) is 0 Å². The molecule has 1 amide bonds. The fourth-order valence-corrected chi connectivity index (χ4v) is 5.24. The monoisotopic (exact) mass is 446 g/mol. The molecule has 1 aromatic carbocycles. The Morgan fingerprint density at radius 3 is 2.70 bits per heavy atom. The Kier molecular flexibility index (Phi) is 6.09. The van der Waals surface area contributed by atoms with E-state index in [0.717, 1.165) is 68.5 Å². The summed E-state index contributed by atoms with van der Waals surface area (Å²) in [7, 11) is 0. The van der Waals surface area contributed by atoms with Gasteiger partial charge in [-0.05, 0) is 50.3 Å². The lowest BCUT2D eigenvalue weighted by Crippen LogP contribution is -2.41. The average Bonchev–Trinajstić information content (AvgIpc) is 3.19. The molecule has 4 heterocycles. The number of benzene rings is 1. The van der Waals surface area contributed by atoms with E-state index in [1.165, 1.54) is 6.20 Å². The van der Waals surface area contributed by atoms with E-state index in [2.05, 4.69) is 26.4 Å². The van der Waals surface area contributed by atoms with Crippen molar-refractivity contribution in [3.05, 3.63) is 71.2 Å². The SMILES string of the molecule is C=C1CN(C(=O)c2cnccn2)CCC1CCN1CCC(n2c(=O)[nH]c3ccccc32)CC1. The maximum Gasteiger partial charge on any atom is 0.326 e. The highest BCUT2D eigenvalue weighted by molar-refractivity contribution is 5.92. The van der Waals surface area contributed by atoms with Crippen LogP contribution in [0.3, 0.4) is 0 Å². The smallest absolute Gasteiger partial charge is 0.326 e. The van der Waals surface area contributed by atoms with Gasteiger partial charge in [-0.1, -0.05) is 24.3 Å². The molecule has 1 atom stereocenters. The van der Waals surface area contributed by atoms with Crippen molar-refractivity contribution in [2.75, 3.05) is 32.7 Å². The zero-order valence-corrected chi connectivity index (χ0v) is 18.8. The normalized spacial score (nSPS) is 20.4. The summed E-state index contributed by atoms with van der Waals surface area (Å²) in [6.07, 6.45) is 8.60. The summed E-state index contributed by atoms with van der Waals surface area (Å²) in [4.78, 5) is 40.6. The average molecular weight is 447 g/mol. The molecular weight excluding hydrogens is 416 g/mol. The van der Waals surface area contributed by atoms with E-state index < -0.39 is 0 Å². The number of aromatic amines is 1. The van der Waals surface area contributed by atoms with Crippen LogP contribution < -0.4 is 5.69 Å². The molecule has 172 valence electrons. The van der Waals surface area contributed by atoms with Crippen molar-refractivity contribution >= 4 is 16.9 Å². The lowest BCUT2D eigenvalue weighted by molar-refractivity contribution is 0.0723. The van der Waals surface area contributed by atoms with Gasteiger partial charge in [-0.3, -0.25) is 14.3 Å². The quantitative estimate of drug-likeness (QED) is 0.609. The molecule has 2 saturated heterocycles. The second-order valence-electron chi connectivity index (χ2n) is 9.14. The third kappa shape index (κ3) is 4.48. The summed E-state index contributed by atoms with van der Waals surface area (Å²) >= 11 is 0. The third-order valence-corrected chi connectivity index (χ3v) is 7.13. The van der Waals surface area contributed by atoms with E-state index >= 15 is 0 Å². The molecule has 1 N–H and O–H groups in total. The number of para-hydroxylation sites is 2. The molecule has 0 spiro atoms. The Morgan fingerprint density at radius 2 is 1.94 bits per heavy atom. The molecule has 33 heavy (non-hydrogen) atoms. The first-order valence-corrected chi connectivity index (χ1v) is 11.7. The second-order valence-corrected chi connectivity index (χ2v) is 9.14. The van der Waals surface area contributed by atoms with Gasteiger partial charge >= 0.3 is 5.69 Å². The van der Waals surface area contributed by atoms with Gasteiger partial charge in [-0.2, -0.15) is 0 Å². The lowest BCUT2D eigenvalue weighted by Gasteiger charge is -2.36. The number of nitrogens with one attached hydrogen (secondary N) is 1. The summed E-state index contributed by atoms with van der Waals surface area (Å²) < 4.78 is 1.94. The minimum Gasteiger partial charge on any atom is -0.333 e. The van der Waals surface area contributed by atoms with Crippen molar-refractivity contribution in [2.45, 2.75) is 31.7 Å². The van der Waals surface area contributed by atoms with Crippen molar-refractivity contribution in [1.29, 1.82) is 0 Å². The topological polar surface area (TPSA) is 87.1 Å². The van der Waals surface area contributed by atoms with Crippen LogP contribution in [0.2, 0.25) is 0 Å². The number of piperidine rings is 2. The Labute approximate surface area is 192 Å². The lowest BCUT2D eigenvalue weighted by atomic mass is 9.89. The van der Waals surface area contributed by atoms with Crippen LogP contribution in [0, 0.1) is 5.92 Å². The van der Waals surface area contributed by atoms with E-state index in [0.29, 0.717) is 18.2 Å². The number of aromatic nitrogens is 4. The van der Waals surface area contributed by atoms with Gasteiger partial charge in [0.1, 0.15) is 5.69 Å². The first-order chi connectivity index (χ1) is 16.1. The molecule has 0 bridgehead atoms. The van der Waals surface area contributed by atoms with Gasteiger partial charge in [0.05, 0.1) is 17.2 Å². The fraction of sp³-hybridized carbons (Fsp3) is 0.440. The van der Waals surface area contributed by atoms with Crippen molar-refractivity contribution < 1.29 is 4.79 Å². The van der Waals surface area contributed by atoms with Gasteiger partial charge in [-0.15, -0.1) is 0 Å². The largest absolute Gasteiger partial charge is 0.333 e. The van der Waals surface area contributed by atoms with Crippen molar-refractivity contribution in [3.8, 4) is 0 Å². The second kappa shape index (κ2) is 9.31. The first kappa shape index (κ1) is 21.6. The summed E-state index contributed by atoms with van der Waals surface area (Å²) in [6, 6.07) is 8.17. The van der Waals surface area contributed by atoms with Crippen molar-refractivity contribution in [1.82, 2.24) is 29.3 Å². The number of nitrogens with zero attached hydrogens (tertiary/aromatic N) is 5. The molecule has 5 rings (SSSR count). The number of imidazole rings is 1. The van der Waals surface area contributed by atoms with Crippen LogP contribution in [0.1, 0.15) is 42.2 Å². The minimum absolute atomic E-state index is 0.00580. The van der Waals surface area contributed by atoms with Crippen LogP contribution >= 0.6 is 0 Å². The third-order valence-electron chi connectivity index (χ3n) is 7.13. The number of likely N-dealkylation sites (tertiary alicyclic amines) is 2. The highest BCUT2D eigenvalue weighted by Crippen LogP contribution is 2.28. The predicted molar refractivity (Wildman–Crippen MR) is 127 cm³/mol. The number of hydrogen-bond donors (Lipinski definition) is 1. The predicted octanol–water partition coefficient (Wildman–Crippen LogP) is 2.87. The van der Waals surface area contributed by atoms with Crippen LogP contribution in [0.5, 0.6) is 0 Å². The van der Waals surface area contributed by atoms with E-state index in [4.69, 9.17) is 0 Å². The Bertz CT molecular complexity index is 1190. The van der Waals surface area contributed by atoms with Crippen LogP contribution in [0.15, 0.2) is 59.8 Å². The number of fused-ring (bicyclic) bond motifs is 1. The molecular formula is C25H30N6O2. The van der Waals surface area contributed by atoms with E-state index in [-0.39, 0.29) is 17.6 Å². The summed E-state index contributed by atoms with van der Waals surface area (Å²) in [5.41, 5.74) is 3.42. The van der Waals surface area contributed by atoms with Crippen LogP contribution in [-0.4, -0.2) is 67.9 Å². The molecule has 2 aliphatic heterocycles. The number of carbonyl (C=O) groups excluding carboxylic acids is 1.